The lowest BCUT2D eigenvalue weighted by molar-refractivity contribution is 0.311. The van der Waals surface area contributed by atoms with Gasteiger partial charge in [0, 0.05) is 10.9 Å². The highest BCUT2D eigenvalue weighted by Crippen LogP contribution is 2.29. The maximum atomic E-state index is 5.87. The molecular weight excluding hydrogens is 288 g/mol. The molecule has 0 atom stereocenters. The molecule has 0 saturated carbocycles. The normalized spacial score (nSPS) is 10.3. The summed E-state index contributed by atoms with van der Waals surface area (Å²) in [5.41, 5.74) is 2.37. The standard InChI is InChI=1S/C16H17BrO/c17-12-6-7-13-18-16-11-5-4-10-15(16)14-8-2-1-3-9-14/h1-5,8-11H,6-7,12-13H2. The molecule has 1 nitrogen and oxygen atoms in total. The number of hydrogen-bond acceptors (Lipinski definition) is 1. The Labute approximate surface area is 117 Å². The van der Waals surface area contributed by atoms with E-state index < -0.39 is 0 Å². The molecular formula is C16H17BrO. The zero-order chi connectivity index (χ0) is 12.6. The maximum Gasteiger partial charge on any atom is 0.127 e. The van der Waals surface area contributed by atoms with Gasteiger partial charge in [-0.2, -0.15) is 0 Å². The minimum absolute atomic E-state index is 0.773. The van der Waals surface area contributed by atoms with Crippen LogP contribution in [0.1, 0.15) is 12.8 Å². The minimum atomic E-state index is 0.773. The summed E-state index contributed by atoms with van der Waals surface area (Å²) in [5, 5.41) is 1.04. The summed E-state index contributed by atoms with van der Waals surface area (Å²) in [4.78, 5) is 0. The molecule has 0 aliphatic heterocycles. The fourth-order valence-electron chi connectivity index (χ4n) is 1.83. The summed E-state index contributed by atoms with van der Waals surface area (Å²) in [7, 11) is 0. The largest absolute Gasteiger partial charge is 0.493 e. The van der Waals surface area contributed by atoms with Crippen LogP contribution in [0.25, 0.3) is 11.1 Å². The topological polar surface area (TPSA) is 9.23 Å². The average Bonchev–Trinajstić information content (AvgIpc) is 2.45. The van der Waals surface area contributed by atoms with Gasteiger partial charge in [-0.1, -0.05) is 64.5 Å². The first-order chi connectivity index (χ1) is 8.92. The Morgan fingerprint density at radius 1 is 0.833 bits per heavy atom. The van der Waals surface area contributed by atoms with E-state index in [1.807, 2.05) is 24.3 Å². The first-order valence-corrected chi connectivity index (χ1v) is 7.37. The van der Waals surface area contributed by atoms with Crippen molar-refractivity contribution in [2.45, 2.75) is 12.8 Å². The molecule has 0 unspecified atom stereocenters. The van der Waals surface area contributed by atoms with Crippen molar-refractivity contribution in [3.63, 3.8) is 0 Å². The van der Waals surface area contributed by atoms with Crippen molar-refractivity contribution >= 4 is 15.9 Å². The Kier molecular flexibility index (Phi) is 5.28. The van der Waals surface area contributed by atoms with Gasteiger partial charge in [0.15, 0.2) is 0 Å². The third-order valence-corrected chi connectivity index (χ3v) is 3.32. The number of para-hydroxylation sites is 1. The van der Waals surface area contributed by atoms with E-state index in [2.05, 4.69) is 46.3 Å². The predicted molar refractivity (Wildman–Crippen MR) is 80.4 cm³/mol. The van der Waals surface area contributed by atoms with E-state index in [0.717, 1.165) is 36.1 Å². The van der Waals surface area contributed by atoms with Gasteiger partial charge >= 0.3 is 0 Å². The van der Waals surface area contributed by atoms with Gasteiger partial charge in [-0.15, -0.1) is 0 Å². The van der Waals surface area contributed by atoms with Crippen LogP contribution in [-0.4, -0.2) is 11.9 Å². The SMILES string of the molecule is BrCCCCOc1ccccc1-c1ccccc1. The van der Waals surface area contributed by atoms with Crippen molar-refractivity contribution in [1.29, 1.82) is 0 Å². The molecule has 2 heteroatoms. The number of rotatable bonds is 6. The monoisotopic (exact) mass is 304 g/mol. The average molecular weight is 305 g/mol. The summed E-state index contributed by atoms with van der Waals surface area (Å²) in [6.45, 7) is 0.773. The van der Waals surface area contributed by atoms with Crippen molar-refractivity contribution in [2.24, 2.45) is 0 Å². The van der Waals surface area contributed by atoms with Crippen molar-refractivity contribution < 1.29 is 4.74 Å². The van der Waals surface area contributed by atoms with E-state index in [4.69, 9.17) is 4.74 Å². The van der Waals surface area contributed by atoms with E-state index >= 15 is 0 Å². The van der Waals surface area contributed by atoms with E-state index in [9.17, 15) is 0 Å². The highest BCUT2D eigenvalue weighted by Gasteiger charge is 2.04. The number of hydrogen-bond donors (Lipinski definition) is 0. The maximum absolute atomic E-state index is 5.87. The summed E-state index contributed by atoms with van der Waals surface area (Å²) in [6.07, 6.45) is 2.22. The number of unbranched alkanes of at least 4 members (excludes halogenated alkanes) is 1. The molecule has 0 saturated heterocycles. The van der Waals surface area contributed by atoms with Gasteiger partial charge in [0.1, 0.15) is 5.75 Å². The molecule has 0 aromatic heterocycles. The molecule has 0 spiro atoms. The van der Waals surface area contributed by atoms with Crippen LogP contribution < -0.4 is 4.74 Å². The van der Waals surface area contributed by atoms with Crippen LogP contribution in [0.2, 0.25) is 0 Å². The Hall–Kier alpha value is -1.28. The first kappa shape index (κ1) is 13.2. The summed E-state index contributed by atoms with van der Waals surface area (Å²) >= 11 is 3.43. The Bertz CT molecular complexity index is 468. The lowest BCUT2D eigenvalue weighted by Gasteiger charge is -2.11. The van der Waals surface area contributed by atoms with Crippen molar-refractivity contribution in [3.8, 4) is 16.9 Å². The van der Waals surface area contributed by atoms with Crippen LogP contribution in [0.3, 0.4) is 0 Å². The van der Waals surface area contributed by atoms with E-state index in [1.165, 1.54) is 5.56 Å². The molecule has 94 valence electrons. The van der Waals surface area contributed by atoms with Crippen LogP contribution in [0.15, 0.2) is 54.6 Å². The molecule has 0 N–H and O–H groups in total. The van der Waals surface area contributed by atoms with Gasteiger partial charge in [0.2, 0.25) is 0 Å². The first-order valence-electron chi connectivity index (χ1n) is 6.25. The van der Waals surface area contributed by atoms with E-state index in [1.54, 1.807) is 0 Å². The molecule has 0 aliphatic rings. The molecule has 0 radical (unpaired) electrons. The number of benzene rings is 2. The Morgan fingerprint density at radius 2 is 1.56 bits per heavy atom. The van der Waals surface area contributed by atoms with Crippen LogP contribution >= 0.6 is 15.9 Å². The third kappa shape index (κ3) is 3.61. The zero-order valence-corrected chi connectivity index (χ0v) is 11.9. The predicted octanol–water partition coefficient (Wildman–Crippen LogP) is 4.91. The van der Waals surface area contributed by atoms with Crippen molar-refractivity contribution in [1.82, 2.24) is 0 Å². The van der Waals surface area contributed by atoms with Gasteiger partial charge in [-0.3, -0.25) is 0 Å². The van der Waals surface area contributed by atoms with Gasteiger partial charge in [-0.25, -0.2) is 0 Å². The van der Waals surface area contributed by atoms with Gasteiger partial charge in [-0.05, 0) is 24.5 Å². The highest BCUT2D eigenvalue weighted by molar-refractivity contribution is 9.09. The van der Waals surface area contributed by atoms with Gasteiger partial charge in [0.05, 0.1) is 6.61 Å². The van der Waals surface area contributed by atoms with Gasteiger partial charge < -0.3 is 4.74 Å². The Morgan fingerprint density at radius 3 is 2.33 bits per heavy atom. The number of ether oxygens (including phenoxy) is 1. The smallest absolute Gasteiger partial charge is 0.127 e. The van der Waals surface area contributed by atoms with Crippen LogP contribution in [0.5, 0.6) is 5.75 Å². The fourth-order valence-corrected chi connectivity index (χ4v) is 2.22. The summed E-state index contributed by atoms with van der Waals surface area (Å²) in [6, 6.07) is 18.6. The molecule has 0 amide bonds. The number of halogens is 1. The van der Waals surface area contributed by atoms with Crippen LogP contribution in [0, 0.1) is 0 Å². The van der Waals surface area contributed by atoms with E-state index in [0.29, 0.717) is 0 Å². The lowest BCUT2D eigenvalue weighted by Crippen LogP contribution is -1.98. The second kappa shape index (κ2) is 7.22. The second-order valence-electron chi connectivity index (χ2n) is 4.11. The van der Waals surface area contributed by atoms with Crippen LogP contribution in [-0.2, 0) is 0 Å². The van der Waals surface area contributed by atoms with Crippen LogP contribution in [0.4, 0.5) is 0 Å². The number of alkyl halides is 1. The van der Waals surface area contributed by atoms with Gasteiger partial charge in [0.25, 0.3) is 0 Å². The van der Waals surface area contributed by atoms with E-state index in [-0.39, 0.29) is 0 Å². The lowest BCUT2D eigenvalue weighted by atomic mass is 10.1. The quantitative estimate of drug-likeness (QED) is 0.544. The summed E-state index contributed by atoms with van der Waals surface area (Å²) < 4.78 is 5.87. The molecule has 0 bridgehead atoms. The molecule has 0 fully saturated rings. The molecule has 18 heavy (non-hydrogen) atoms. The van der Waals surface area contributed by atoms with Crippen molar-refractivity contribution in [2.75, 3.05) is 11.9 Å². The Balaban J connectivity index is 2.11. The third-order valence-electron chi connectivity index (χ3n) is 2.76. The fraction of sp³-hybridized carbons (Fsp3) is 0.250. The molecule has 2 aromatic rings. The molecule has 0 heterocycles. The summed E-state index contributed by atoms with van der Waals surface area (Å²) in [5.74, 6) is 0.971. The molecule has 0 aliphatic carbocycles. The zero-order valence-electron chi connectivity index (χ0n) is 10.3. The second-order valence-corrected chi connectivity index (χ2v) is 4.90. The minimum Gasteiger partial charge on any atom is -0.493 e. The molecule has 2 aromatic carbocycles. The molecule has 2 rings (SSSR count). The highest BCUT2D eigenvalue weighted by atomic mass is 79.9. The van der Waals surface area contributed by atoms with Crippen molar-refractivity contribution in [3.05, 3.63) is 54.6 Å².